The normalized spacial score (nSPS) is 20.1. The first kappa shape index (κ1) is 15.2. The molecule has 10 heteroatoms. The van der Waals surface area contributed by atoms with Gasteiger partial charge in [-0.3, -0.25) is 14.9 Å². The highest BCUT2D eigenvalue weighted by atomic mass is 32.2. The Morgan fingerprint density at radius 2 is 2.14 bits per heavy atom. The van der Waals surface area contributed by atoms with E-state index >= 15 is 0 Å². The summed E-state index contributed by atoms with van der Waals surface area (Å²) in [6.45, 7) is 0. The number of nitrogens with zero attached hydrogens (tertiary/aromatic N) is 1. The van der Waals surface area contributed by atoms with Crippen LogP contribution in [0.2, 0.25) is 0 Å². The minimum atomic E-state index is -3.20. The van der Waals surface area contributed by atoms with Crippen LogP contribution in [0.25, 0.3) is 0 Å². The first-order chi connectivity index (χ1) is 9.69. The fourth-order valence-corrected chi connectivity index (χ4v) is 3.76. The molecule has 0 saturated carbocycles. The molecular formula is C11H12FN3O5S. The highest BCUT2D eigenvalue weighted by Gasteiger charge is 2.31. The van der Waals surface area contributed by atoms with E-state index in [9.17, 15) is 27.7 Å². The highest BCUT2D eigenvalue weighted by Crippen LogP contribution is 2.25. The minimum Gasteiger partial charge on any atom is -0.396 e. The molecule has 1 heterocycles. The number of sulfone groups is 1. The lowest BCUT2D eigenvalue weighted by Gasteiger charge is -2.11. The number of nitrogens with two attached hydrogens (primary N) is 1. The Balaban J connectivity index is 2.27. The Morgan fingerprint density at radius 3 is 2.67 bits per heavy atom. The van der Waals surface area contributed by atoms with Crippen LogP contribution in [0.1, 0.15) is 16.8 Å². The topological polar surface area (TPSA) is 132 Å². The number of carbonyl (C=O) groups excluding carboxylic acids is 1. The van der Waals surface area contributed by atoms with E-state index < -0.39 is 49.5 Å². The number of nitrogen functional groups attached to an aromatic ring is 1. The van der Waals surface area contributed by atoms with Crippen LogP contribution < -0.4 is 11.1 Å². The fourth-order valence-electron chi connectivity index (χ4n) is 2.08. The molecule has 0 aliphatic carbocycles. The maximum absolute atomic E-state index is 13.2. The third-order valence-electron chi connectivity index (χ3n) is 3.12. The van der Waals surface area contributed by atoms with E-state index in [0.29, 0.717) is 6.07 Å². The molecule has 21 heavy (non-hydrogen) atoms. The van der Waals surface area contributed by atoms with E-state index in [1.165, 1.54) is 0 Å². The molecule has 1 aromatic rings. The molecule has 1 aliphatic rings. The number of carbonyl (C=O) groups is 1. The summed E-state index contributed by atoms with van der Waals surface area (Å²) >= 11 is 0. The maximum atomic E-state index is 13.2. The number of hydrogen-bond donors (Lipinski definition) is 2. The standard InChI is InChI=1S/C11H12FN3O5S/c12-8-4-10(15(17)18)7(3-9(8)13)11(16)14-6-1-2-21(19,20)5-6/h3-4,6H,1-2,5,13H2,(H,14,16). The van der Waals surface area contributed by atoms with Gasteiger partial charge >= 0.3 is 0 Å². The highest BCUT2D eigenvalue weighted by molar-refractivity contribution is 7.91. The summed E-state index contributed by atoms with van der Waals surface area (Å²) in [5.74, 6) is -2.12. The van der Waals surface area contributed by atoms with E-state index in [1.807, 2.05) is 0 Å². The Labute approximate surface area is 119 Å². The van der Waals surface area contributed by atoms with Crippen molar-refractivity contribution in [2.24, 2.45) is 0 Å². The number of nitro groups is 1. The first-order valence-electron chi connectivity index (χ1n) is 5.94. The lowest BCUT2D eigenvalue weighted by molar-refractivity contribution is -0.385. The SMILES string of the molecule is Nc1cc(C(=O)NC2CCS(=O)(=O)C2)c([N+](=O)[O-])cc1F. The van der Waals surface area contributed by atoms with Crippen molar-refractivity contribution in [3.05, 3.63) is 33.6 Å². The molecule has 1 aliphatic heterocycles. The van der Waals surface area contributed by atoms with Crippen LogP contribution in [0.5, 0.6) is 0 Å². The quantitative estimate of drug-likeness (QED) is 0.466. The van der Waals surface area contributed by atoms with E-state index in [4.69, 9.17) is 5.73 Å². The second-order valence-corrected chi connectivity index (χ2v) is 6.95. The summed E-state index contributed by atoms with van der Waals surface area (Å²) in [6.07, 6.45) is 0.235. The Bertz CT molecular complexity index is 719. The van der Waals surface area contributed by atoms with Gasteiger partial charge in [-0.2, -0.15) is 0 Å². The molecule has 1 unspecified atom stereocenters. The van der Waals surface area contributed by atoms with Gasteiger partial charge in [0.15, 0.2) is 15.7 Å². The number of benzene rings is 1. The third kappa shape index (κ3) is 3.27. The first-order valence-corrected chi connectivity index (χ1v) is 7.76. The van der Waals surface area contributed by atoms with Crippen molar-refractivity contribution in [3.8, 4) is 0 Å². The van der Waals surface area contributed by atoms with Crippen molar-refractivity contribution < 1.29 is 22.5 Å². The lowest BCUT2D eigenvalue weighted by Crippen LogP contribution is -2.36. The summed E-state index contributed by atoms with van der Waals surface area (Å²) in [7, 11) is -3.20. The van der Waals surface area contributed by atoms with E-state index in [2.05, 4.69) is 5.32 Å². The average molecular weight is 317 g/mol. The number of hydrogen-bond acceptors (Lipinski definition) is 6. The Hall–Kier alpha value is -2.23. The zero-order valence-corrected chi connectivity index (χ0v) is 11.5. The third-order valence-corrected chi connectivity index (χ3v) is 4.89. The van der Waals surface area contributed by atoms with Gasteiger partial charge in [0.25, 0.3) is 11.6 Å². The molecule has 2 rings (SSSR count). The van der Waals surface area contributed by atoms with E-state index in [0.717, 1.165) is 6.07 Å². The monoisotopic (exact) mass is 317 g/mol. The van der Waals surface area contributed by atoms with Crippen LogP contribution >= 0.6 is 0 Å². The molecule has 1 fully saturated rings. The molecule has 114 valence electrons. The minimum absolute atomic E-state index is 0.0500. The largest absolute Gasteiger partial charge is 0.396 e. The zero-order valence-electron chi connectivity index (χ0n) is 10.7. The molecule has 0 aromatic heterocycles. The summed E-state index contributed by atoms with van der Waals surface area (Å²) in [4.78, 5) is 22.0. The van der Waals surface area contributed by atoms with Crippen LogP contribution in [0, 0.1) is 15.9 Å². The van der Waals surface area contributed by atoms with E-state index in [-0.39, 0.29) is 17.9 Å². The Morgan fingerprint density at radius 1 is 1.48 bits per heavy atom. The molecule has 0 radical (unpaired) electrons. The average Bonchev–Trinajstić information content (AvgIpc) is 2.71. The number of nitrogens with one attached hydrogen (secondary N) is 1. The molecule has 1 amide bonds. The summed E-state index contributed by atoms with van der Waals surface area (Å²) in [6, 6.07) is 0.815. The van der Waals surface area contributed by atoms with E-state index in [1.54, 1.807) is 0 Å². The smallest absolute Gasteiger partial charge is 0.285 e. The molecule has 8 nitrogen and oxygen atoms in total. The maximum Gasteiger partial charge on any atom is 0.285 e. The van der Waals surface area contributed by atoms with Crippen LogP contribution in [0.3, 0.4) is 0 Å². The number of nitro benzene ring substituents is 1. The van der Waals surface area contributed by atoms with Gasteiger partial charge in [-0.05, 0) is 12.5 Å². The second kappa shape index (κ2) is 5.28. The van der Waals surface area contributed by atoms with Crippen molar-refractivity contribution >= 4 is 27.1 Å². The molecule has 0 spiro atoms. The molecule has 1 saturated heterocycles. The van der Waals surface area contributed by atoms with Gasteiger partial charge < -0.3 is 11.1 Å². The number of rotatable bonds is 3. The van der Waals surface area contributed by atoms with Crippen LogP contribution in [-0.4, -0.2) is 36.8 Å². The van der Waals surface area contributed by atoms with Gasteiger partial charge in [-0.1, -0.05) is 0 Å². The number of anilines is 1. The van der Waals surface area contributed by atoms with Gasteiger partial charge in [0.1, 0.15) is 5.56 Å². The summed E-state index contributed by atoms with van der Waals surface area (Å²) < 4.78 is 35.9. The Kier molecular flexibility index (Phi) is 3.81. The number of halogens is 1. The van der Waals surface area contributed by atoms with Crippen LogP contribution in [0.15, 0.2) is 12.1 Å². The zero-order chi connectivity index (χ0) is 15.8. The number of amides is 1. The van der Waals surface area contributed by atoms with Crippen LogP contribution in [-0.2, 0) is 9.84 Å². The molecule has 0 bridgehead atoms. The summed E-state index contributed by atoms with van der Waals surface area (Å²) in [5.41, 5.74) is 3.78. The van der Waals surface area contributed by atoms with Gasteiger partial charge in [0.05, 0.1) is 28.2 Å². The van der Waals surface area contributed by atoms with Crippen molar-refractivity contribution in [1.29, 1.82) is 0 Å². The van der Waals surface area contributed by atoms with Gasteiger partial charge in [-0.25, -0.2) is 12.8 Å². The molecule has 3 N–H and O–H groups in total. The predicted molar refractivity (Wildman–Crippen MR) is 72.0 cm³/mol. The lowest BCUT2D eigenvalue weighted by atomic mass is 10.1. The molecular weight excluding hydrogens is 305 g/mol. The molecule has 1 aromatic carbocycles. The second-order valence-electron chi connectivity index (χ2n) is 4.72. The van der Waals surface area contributed by atoms with Gasteiger partial charge in [-0.15, -0.1) is 0 Å². The summed E-state index contributed by atoms with van der Waals surface area (Å²) in [5, 5.41) is 13.2. The van der Waals surface area contributed by atoms with Crippen molar-refractivity contribution in [2.45, 2.75) is 12.5 Å². The van der Waals surface area contributed by atoms with Gasteiger partial charge in [0.2, 0.25) is 0 Å². The van der Waals surface area contributed by atoms with Crippen molar-refractivity contribution in [2.75, 3.05) is 17.2 Å². The van der Waals surface area contributed by atoms with Crippen molar-refractivity contribution in [3.63, 3.8) is 0 Å². The van der Waals surface area contributed by atoms with Gasteiger partial charge in [0, 0.05) is 6.04 Å². The van der Waals surface area contributed by atoms with Crippen molar-refractivity contribution in [1.82, 2.24) is 5.32 Å². The van der Waals surface area contributed by atoms with Crippen LogP contribution in [0.4, 0.5) is 15.8 Å². The predicted octanol–water partition coefficient (Wildman–Crippen LogP) is 0.233. The molecule has 1 atom stereocenters. The fraction of sp³-hybridized carbons (Fsp3) is 0.364.